The lowest BCUT2D eigenvalue weighted by Gasteiger charge is -2.21. The highest BCUT2D eigenvalue weighted by Gasteiger charge is 2.16. The van der Waals surface area contributed by atoms with Crippen LogP contribution in [0.2, 0.25) is 0 Å². The second-order valence-corrected chi connectivity index (χ2v) is 4.90. The summed E-state index contributed by atoms with van der Waals surface area (Å²) in [6.07, 6.45) is 1.15. The highest BCUT2D eigenvalue weighted by Crippen LogP contribution is 2.28. The van der Waals surface area contributed by atoms with E-state index in [1.807, 2.05) is 0 Å². The van der Waals surface area contributed by atoms with Crippen molar-refractivity contribution >= 4 is 17.2 Å². The van der Waals surface area contributed by atoms with Crippen LogP contribution in [0.1, 0.15) is 13.3 Å². The average molecular weight is 219 g/mol. The second kappa shape index (κ2) is 3.38. The Bertz CT molecular complexity index is 458. The number of hydrogen-bond acceptors (Lipinski definition) is 3. The maximum atomic E-state index is 4.59. The first-order valence-electron chi connectivity index (χ1n) is 5.21. The van der Waals surface area contributed by atoms with Gasteiger partial charge in [0, 0.05) is 18.7 Å². The Morgan fingerprint density at radius 2 is 2.53 bits per heavy atom. The number of anilines is 1. The molecule has 0 saturated heterocycles. The Hall–Kier alpha value is -1.29. The third-order valence-corrected chi connectivity index (χ3v) is 3.61. The quantitative estimate of drug-likeness (QED) is 0.799. The van der Waals surface area contributed by atoms with E-state index in [1.54, 1.807) is 11.3 Å². The zero-order chi connectivity index (χ0) is 10.3. The average Bonchev–Trinajstić information content (AvgIpc) is 2.84. The Labute approximate surface area is 92.7 Å². The molecule has 3 nitrogen and oxygen atoms in total. The summed E-state index contributed by atoms with van der Waals surface area (Å²) in [5.41, 5.74) is 1.08. The molecular weight excluding hydrogens is 206 g/mol. The Morgan fingerprint density at radius 3 is 3.33 bits per heavy atom. The molecule has 0 fully saturated rings. The van der Waals surface area contributed by atoms with Gasteiger partial charge in [-0.25, -0.2) is 4.68 Å². The van der Waals surface area contributed by atoms with Crippen molar-refractivity contribution in [1.82, 2.24) is 9.78 Å². The van der Waals surface area contributed by atoms with Crippen LogP contribution in [-0.2, 0) is 6.54 Å². The first-order valence-corrected chi connectivity index (χ1v) is 6.09. The summed E-state index contributed by atoms with van der Waals surface area (Å²) in [6, 6.07) is 6.88. The lowest BCUT2D eigenvalue weighted by molar-refractivity contribution is 0.513. The van der Waals surface area contributed by atoms with Gasteiger partial charge in [0.15, 0.2) is 0 Å². The van der Waals surface area contributed by atoms with Gasteiger partial charge < -0.3 is 5.32 Å². The fraction of sp³-hybridized carbons (Fsp3) is 0.364. The molecule has 3 heterocycles. The van der Waals surface area contributed by atoms with E-state index in [1.165, 1.54) is 4.88 Å². The number of thiophene rings is 1. The summed E-state index contributed by atoms with van der Waals surface area (Å²) in [5, 5.41) is 10.1. The molecule has 0 amide bonds. The van der Waals surface area contributed by atoms with Crippen LogP contribution < -0.4 is 5.32 Å². The first kappa shape index (κ1) is 8.97. The molecule has 1 N–H and O–H groups in total. The molecule has 3 rings (SSSR count). The van der Waals surface area contributed by atoms with E-state index in [-0.39, 0.29) is 0 Å². The molecule has 1 aliphatic rings. The van der Waals surface area contributed by atoms with Crippen LogP contribution in [0.4, 0.5) is 5.82 Å². The third kappa shape index (κ3) is 1.55. The molecule has 0 spiro atoms. The van der Waals surface area contributed by atoms with Gasteiger partial charge in [0.05, 0.1) is 4.88 Å². The van der Waals surface area contributed by atoms with Gasteiger partial charge in [0.2, 0.25) is 0 Å². The minimum absolute atomic E-state index is 0.561. The highest BCUT2D eigenvalue weighted by molar-refractivity contribution is 7.13. The largest absolute Gasteiger partial charge is 0.368 e. The van der Waals surface area contributed by atoms with E-state index in [0.717, 1.165) is 24.5 Å². The molecule has 2 aromatic heterocycles. The van der Waals surface area contributed by atoms with Gasteiger partial charge in [-0.15, -0.1) is 11.3 Å². The van der Waals surface area contributed by atoms with Crippen LogP contribution >= 0.6 is 11.3 Å². The van der Waals surface area contributed by atoms with E-state index >= 15 is 0 Å². The second-order valence-electron chi connectivity index (χ2n) is 3.95. The van der Waals surface area contributed by atoms with Gasteiger partial charge in [-0.05, 0) is 24.8 Å². The van der Waals surface area contributed by atoms with Gasteiger partial charge in [-0.3, -0.25) is 0 Å². The first-order chi connectivity index (χ1) is 7.33. The van der Waals surface area contributed by atoms with E-state index in [9.17, 15) is 0 Å². The predicted molar refractivity (Wildman–Crippen MR) is 63.2 cm³/mol. The fourth-order valence-corrected chi connectivity index (χ4v) is 2.57. The summed E-state index contributed by atoms with van der Waals surface area (Å²) < 4.78 is 2.06. The van der Waals surface area contributed by atoms with E-state index in [0.29, 0.717) is 6.04 Å². The van der Waals surface area contributed by atoms with Crippen molar-refractivity contribution in [2.24, 2.45) is 0 Å². The lowest BCUT2D eigenvalue weighted by atomic mass is 10.2. The number of aryl methyl sites for hydroxylation is 1. The molecule has 1 atom stereocenters. The van der Waals surface area contributed by atoms with Crippen molar-refractivity contribution in [3.8, 4) is 10.6 Å². The predicted octanol–water partition coefficient (Wildman–Crippen LogP) is 2.82. The number of hydrogen-bond donors (Lipinski definition) is 1. The van der Waals surface area contributed by atoms with Crippen molar-refractivity contribution in [3.63, 3.8) is 0 Å². The topological polar surface area (TPSA) is 29.9 Å². The molecule has 78 valence electrons. The fourth-order valence-electron chi connectivity index (χ4n) is 1.89. The van der Waals surface area contributed by atoms with Gasteiger partial charge in [0.1, 0.15) is 11.5 Å². The normalized spacial score (nSPS) is 19.7. The van der Waals surface area contributed by atoms with Crippen molar-refractivity contribution < 1.29 is 0 Å². The van der Waals surface area contributed by atoms with Gasteiger partial charge >= 0.3 is 0 Å². The molecular formula is C11H13N3S. The van der Waals surface area contributed by atoms with E-state index in [4.69, 9.17) is 0 Å². The summed E-state index contributed by atoms with van der Waals surface area (Å²) in [4.78, 5) is 1.24. The summed E-state index contributed by atoms with van der Waals surface area (Å²) in [5.74, 6) is 1.15. The van der Waals surface area contributed by atoms with E-state index in [2.05, 4.69) is 45.6 Å². The number of nitrogens with zero attached hydrogens (tertiary/aromatic N) is 2. The van der Waals surface area contributed by atoms with Gasteiger partial charge in [-0.2, -0.15) is 5.10 Å². The summed E-state index contributed by atoms with van der Waals surface area (Å²) in [6.45, 7) is 3.23. The van der Waals surface area contributed by atoms with Gasteiger partial charge in [-0.1, -0.05) is 6.07 Å². The molecule has 0 radical (unpaired) electrons. The molecule has 2 aromatic rings. The maximum absolute atomic E-state index is 4.59. The molecule has 1 aliphatic heterocycles. The van der Waals surface area contributed by atoms with Crippen LogP contribution in [-0.4, -0.2) is 15.8 Å². The van der Waals surface area contributed by atoms with Crippen LogP contribution in [0.15, 0.2) is 23.6 Å². The van der Waals surface area contributed by atoms with E-state index < -0.39 is 0 Å². The van der Waals surface area contributed by atoms with Crippen molar-refractivity contribution in [2.75, 3.05) is 5.32 Å². The highest BCUT2D eigenvalue weighted by atomic mass is 32.1. The third-order valence-electron chi connectivity index (χ3n) is 2.72. The Morgan fingerprint density at radius 1 is 1.60 bits per heavy atom. The number of rotatable bonds is 1. The lowest BCUT2D eigenvalue weighted by Crippen LogP contribution is -2.25. The monoisotopic (exact) mass is 219 g/mol. The standard InChI is InChI=1S/C11H13N3S/c1-8-4-5-14-11(12-8)7-9(13-14)10-3-2-6-15-10/h2-3,6-8,12H,4-5H2,1H3. The Balaban J connectivity index is 2.00. The minimum Gasteiger partial charge on any atom is -0.368 e. The zero-order valence-corrected chi connectivity index (χ0v) is 9.42. The van der Waals surface area contributed by atoms with Crippen molar-refractivity contribution in [2.45, 2.75) is 25.9 Å². The molecule has 4 heteroatoms. The van der Waals surface area contributed by atoms with Crippen molar-refractivity contribution in [3.05, 3.63) is 23.6 Å². The number of nitrogens with one attached hydrogen (secondary N) is 1. The number of fused-ring (bicyclic) bond motifs is 1. The number of aromatic nitrogens is 2. The molecule has 0 aromatic carbocycles. The molecule has 0 bridgehead atoms. The molecule has 15 heavy (non-hydrogen) atoms. The van der Waals surface area contributed by atoms with Gasteiger partial charge in [0.25, 0.3) is 0 Å². The molecule has 0 saturated carbocycles. The van der Waals surface area contributed by atoms with Crippen LogP contribution in [0, 0.1) is 0 Å². The molecule has 1 unspecified atom stereocenters. The summed E-state index contributed by atoms with van der Waals surface area (Å²) >= 11 is 1.74. The zero-order valence-electron chi connectivity index (χ0n) is 8.60. The summed E-state index contributed by atoms with van der Waals surface area (Å²) in [7, 11) is 0. The SMILES string of the molecule is CC1CCn2nc(-c3cccs3)cc2N1. The van der Waals surface area contributed by atoms with Crippen LogP contribution in [0.25, 0.3) is 10.6 Å². The smallest absolute Gasteiger partial charge is 0.125 e. The van der Waals surface area contributed by atoms with Crippen LogP contribution in [0.3, 0.4) is 0 Å². The Kier molecular flexibility index (Phi) is 2.02. The maximum Gasteiger partial charge on any atom is 0.125 e. The minimum atomic E-state index is 0.561. The van der Waals surface area contributed by atoms with Crippen LogP contribution in [0.5, 0.6) is 0 Å². The molecule has 0 aliphatic carbocycles. The van der Waals surface area contributed by atoms with Crippen molar-refractivity contribution in [1.29, 1.82) is 0 Å².